The molecule has 1 aromatic heterocycles. The molecule has 1 N–H and O–H groups in total. The van der Waals surface area contributed by atoms with Crippen LogP contribution in [0.15, 0.2) is 23.1 Å². The molecule has 120 valence electrons. The third-order valence-electron chi connectivity index (χ3n) is 4.61. The molecule has 2 aromatic rings. The lowest BCUT2D eigenvalue weighted by Crippen LogP contribution is -2.40. The second-order valence-electron chi connectivity index (χ2n) is 6.11. The van der Waals surface area contributed by atoms with Crippen LogP contribution in [-0.2, 0) is 0 Å². The molecule has 0 unspecified atom stereocenters. The standard InChI is InChI=1S/C17H17NO5/c1-10-11(16(19)20)7-12(13-8-21-9-18-13)15-14(10)22-17(23-15)5-3-2-4-6-17/h7-9H,2-6H2,1H3,(H,19,20). The Morgan fingerprint density at radius 3 is 2.61 bits per heavy atom. The van der Waals surface area contributed by atoms with Gasteiger partial charge in [-0.05, 0) is 25.8 Å². The van der Waals surface area contributed by atoms with Crippen molar-refractivity contribution in [2.24, 2.45) is 0 Å². The van der Waals surface area contributed by atoms with Gasteiger partial charge in [-0.3, -0.25) is 0 Å². The summed E-state index contributed by atoms with van der Waals surface area (Å²) in [6.07, 6.45) is 7.65. The van der Waals surface area contributed by atoms with Crippen LogP contribution in [0.2, 0.25) is 0 Å². The molecule has 6 heteroatoms. The molecule has 0 saturated heterocycles. The Morgan fingerprint density at radius 2 is 1.96 bits per heavy atom. The summed E-state index contributed by atoms with van der Waals surface area (Å²) in [4.78, 5) is 15.7. The maximum atomic E-state index is 11.6. The normalized spacial score (nSPS) is 18.3. The van der Waals surface area contributed by atoms with Crippen LogP contribution in [0.25, 0.3) is 11.3 Å². The molecule has 0 atom stereocenters. The highest BCUT2D eigenvalue weighted by Crippen LogP contribution is 2.52. The van der Waals surface area contributed by atoms with Crippen LogP contribution in [0.5, 0.6) is 11.5 Å². The molecule has 6 nitrogen and oxygen atoms in total. The lowest BCUT2D eigenvalue weighted by Gasteiger charge is -2.31. The van der Waals surface area contributed by atoms with E-state index in [-0.39, 0.29) is 5.56 Å². The van der Waals surface area contributed by atoms with Crippen molar-refractivity contribution in [1.29, 1.82) is 0 Å². The van der Waals surface area contributed by atoms with Crippen molar-refractivity contribution in [3.05, 3.63) is 29.9 Å². The Kier molecular flexibility index (Phi) is 3.07. The van der Waals surface area contributed by atoms with Gasteiger partial charge in [0.05, 0.1) is 11.1 Å². The third kappa shape index (κ3) is 2.17. The van der Waals surface area contributed by atoms with Crippen LogP contribution >= 0.6 is 0 Å². The number of hydrogen-bond acceptors (Lipinski definition) is 5. The Hall–Kier alpha value is -2.50. The van der Waals surface area contributed by atoms with Crippen molar-refractivity contribution in [2.45, 2.75) is 44.8 Å². The van der Waals surface area contributed by atoms with Crippen molar-refractivity contribution in [1.82, 2.24) is 4.98 Å². The van der Waals surface area contributed by atoms with Crippen LogP contribution in [-0.4, -0.2) is 21.8 Å². The summed E-state index contributed by atoms with van der Waals surface area (Å²) in [7, 11) is 0. The number of carbonyl (C=O) groups is 1. The highest BCUT2D eigenvalue weighted by atomic mass is 16.7. The Morgan fingerprint density at radius 1 is 1.22 bits per heavy atom. The summed E-state index contributed by atoms with van der Waals surface area (Å²) in [6.45, 7) is 1.75. The fourth-order valence-electron chi connectivity index (χ4n) is 3.40. The van der Waals surface area contributed by atoms with Crippen molar-refractivity contribution < 1.29 is 23.8 Å². The van der Waals surface area contributed by atoms with E-state index in [1.54, 1.807) is 13.0 Å². The number of aromatic nitrogens is 1. The predicted molar refractivity (Wildman–Crippen MR) is 80.7 cm³/mol. The molecule has 1 aromatic carbocycles. The minimum absolute atomic E-state index is 0.193. The van der Waals surface area contributed by atoms with Gasteiger partial charge < -0.3 is 19.0 Å². The Bertz CT molecular complexity index is 760. The zero-order valence-corrected chi connectivity index (χ0v) is 12.8. The fraction of sp³-hybridized carbons (Fsp3) is 0.412. The summed E-state index contributed by atoms with van der Waals surface area (Å²) in [5, 5.41) is 9.48. The van der Waals surface area contributed by atoms with Gasteiger partial charge in [-0.2, -0.15) is 0 Å². The zero-order chi connectivity index (χ0) is 16.0. The molecule has 1 aliphatic heterocycles. The molecule has 1 fully saturated rings. The van der Waals surface area contributed by atoms with Crippen LogP contribution in [0, 0.1) is 6.92 Å². The van der Waals surface area contributed by atoms with Crippen LogP contribution in [0.3, 0.4) is 0 Å². The zero-order valence-electron chi connectivity index (χ0n) is 12.8. The summed E-state index contributed by atoms with van der Waals surface area (Å²) in [6, 6.07) is 1.58. The van der Waals surface area contributed by atoms with E-state index < -0.39 is 11.8 Å². The largest absolute Gasteiger partial charge is 0.478 e. The van der Waals surface area contributed by atoms with E-state index >= 15 is 0 Å². The van der Waals surface area contributed by atoms with Crippen molar-refractivity contribution in [2.75, 3.05) is 0 Å². The summed E-state index contributed by atoms with van der Waals surface area (Å²) in [5.74, 6) is -0.572. The van der Waals surface area contributed by atoms with Gasteiger partial charge in [0.25, 0.3) is 5.79 Å². The number of benzene rings is 1. The topological polar surface area (TPSA) is 81.8 Å². The molecular formula is C17H17NO5. The molecule has 0 bridgehead atoms. The van der Waals surface area contributed by atoms with Gasteiger partial charge in [0, 0.05) is 18.4 Å². The number of oxazole rings is 1. The molecule has 1 saturated carbocycles. The maximum Gasteiger partial charge on any atom is 0.336 e. The molecule has 1 spiro atoms. The Balaban J connectivity index is 1.88. The van der Waals surface area contributed by atoms with E-state index in [1.165, 1.54) is 19.1 Å². The van der Waals surface area contributed by atoms with Crippen LogP contribution in [0.4, 0.5) is 0 Å². The molecule has 2 heterocycles. The first kappa shape index (κ1) is 14.1. The average molecular weight is 315 g/mol. The number of carboxylic acid groups (broad SMARTS) is 1. The molecule has 23 heavy (non-hydrogen) atoms. The van der Waals surface area contributed by atoms with Crippen LogP contribution < -0.4 is 9.47 Å². The first-order chi connectivity index (χ1) is 11.1. The van der Waals surface area contributed by atoms with E-state index in [1.807, 2.05) is 0 Å². The number of rotatable bonds is 2. The van der Waals surface area contributed by atoms with Gasteiger partial charge >= 0.3 is 5.97 Å². The second kappa shape index (κ2) is 5.01. The average Bonchev–Trinajstić information content (AvgIpc) is 3.17. The van der Waals surface area contributed by atoms with Gasteiger partial charge in [0.15, 0.2) is 17.9 Å². The number of ether oxygens (including phenoxy) is 2. The first-order valence-corrected chi connectivity index (χ1v) is 7.77. The van der Waals surface area contributed by atoms with E-state index in [0.717, 1.165) is 25.7 Å². The molecule has 4 rings (SSSR count). The minimum atomic E-state index is -0.997. The van der Waals surface area contributed by atoms with Crippen LogP contribution in [0.1, 0.15) is 48.0 Å². The highest BCUT2D eigenvalue weighted by Gasteiger charge is 2.45. The van der Waals surface area contributed by atoms with E-state index in [2.05, 4.69) is 4.98 Å². The van der Waals surface area contributed by atoms with Gasteiger partial charge in [0.2, 0.25) is 0 Å². The number of nitrogens with zero attached hydrogens (tertiary/aromatic N) is 1. The SMILES string of the molecule is Cc1c(C(=O)O)cc(-c2cocn2)c2c1OC1(CCCCC1)O2. The quantitative estimate of drug-likeness (QED) is 0.908. The first-order valence-electron chi connectivity index (χ1n) is 7.77. The third-order valence-corrected chi connectivity index (χ3v) is 4.61. The lowest BCUT2D eigenvalue weighted by atomic mass is 9.94. The summed E-state index contributed by atoms with van der Waals surface area (Å²) in [5.41, 5.74) is 1.92. The molecule has 1 aliphatic carbocycles. The number of fused-ring (bicyclic) bond motifs is 1. The van der Waals surface area contributed by atoms with E-state index in [9.17, 15) is 9.90 Å². The fourth-order valence-corrected chi connectivity index (χ4v) is 3.40. The summed E-state index contributed by atoms with van der Waals surface area (Å²) < 4.78 is 17.4. The molecule has 0 amide bonds. The van der Waals surface area contributed by atoms with Gasteiger partial charge in [0.1, 0.15) is 12.0 Å². The number of aromatic carboxylic acids is 1. The molecule has 2 aliphatic rings. The molecule has 0 radical (unpaired) electrons. The second-order valence-corrected chi connectivity index (χ2v) is 6.11. The number of carboxylic acids is 1. The van der Waals surface area contributed by atoms with Gasteiger partial charge in [-0.15, -0.1) is 0 Å². The minimum Gasteiger partial charge on any atom is -0.478 e. The summed E-state index contributed by atoms with van der Waals surface area (Å²) >= 11 is 0. The lowest BCUT2D eigenvalue weighted by molar-refractivity contribution is -0.105. The van der Waals surface area contributed by atoms with Gasteiger partial charge in [-0.1, -0.05) is 6.42 Å². The number of hydrogen-bond donors (Lipinski definition) is 1. The predicted octanol–water partition coefficient (Wildman–Crippen LogP) is 3.78. The maximum absolute atomic E-state index is 11.6. The van der Waals surface area contributed by atoms with E-state index in [4.69, 9.17) is 13.9 Å². The van der Waals surface area contributed by atoms with Gasteiger partial charge in [-0.25, -0.2) is 9.78 Å². The molecular weight excluding hydrogens is 298 g/mol. The monoisotopic (exact) mass is 315 g/mol. The van der Waals surface area contributed by atoms with Crippen molar-refractivity contribution in [3.63, 3.8) is 0 Å². The Labute approximate surface area is 133 Å². The smallest absolute Gasteiger partial charge is 0.336 e. The van der Waals surface area contributed by atoms with Crippen molar-refractivity contribution >= 4 is 5.97 Å². The highest BCUT2D eigenvalue weighted by molar-refractivity contribution is 5.94. The van der Waals surface area contributed by atoms with E-state index in [0.29, 0.717) is 28.3 Å². The van der Waals surface area contributed by atoms with Crippen molar-refractivity contribution in [3.8, 4) is 22.8 Å².